The van der Waals surface area contributed by atoms with Crippen molar-refractivity contribution in [3.8, 4) is 0 Å². The summed E-state index contributed by atoms with van der Waals surface area (Å²) in [5.41, 5.74) is 0. The van der Waals surface area contributed by atoms with Crippen molar-refractivity contribution in [1.29, 1.82) is 0 Å². The molecule has 0 aliphatic rings. The van der Waals surface area contributed by atoms with Gasteiger partial charge in [0.05, 0.1) is 0 Å². The molecule has 0 saturated carbocycles. The Balaban J connectivity index is -0.0000000450. The lowest BCUT2D eigenvalue weighted by atomic mass is 10.9. The SMILES string of the molecule is Br.Br.CC(F)F. The normalized spacial score (nSPS) is 6.00. The van der Waals surface area contributed by atoms with E-state index in [1.165, 1.54) is 0 Å². The molecule has 0 aromatic carbocycles. The van der Waals surface area contributed by atoms with E-state index in [0.29, 0.717) is 0 Å². The molecule has 0 aromatic rings. The Labute approximate surface area is 56.5 Å². The monoisotopic (exact) mass is 226 g/mol. The minimum atomic E-state index is -2.17. The lowest BCUT2D eigenvalue weighted by molar-refractivity contribution is 0.171. The third-order valence-corrected chi connectivity index (χ3v) is 0. The second kappa shape index (κ2) is 9.27. The molecule has 0 amide bonds. The summed E-state index contributed by atoms with van der Waals surface area (Å²) in [5, 5.41) is 0. The van der Waals surface area contributed by atoms with Gasteiger partial charge in [0.25, 0.3) is 0 Å². The lowest BCUT2D eigenvalue weighted by Crippen LogP contribution is -1.69. The average molecular weight is 228 g/mol. The summed E-state index contributed by atoms with van der Waals surface area (Å²) in [6.07, 6.45) is -2.17. The molecule has 0 unspecified atom stereocenters. The van der Waals surface area contributed by atoms with Crippen molar-refractivity contribution in [1.82, 2.24) is 0 Å². The number of hydrogen-bond donors (Lipinski definition) is 0. The van der Waals surface area contributed by atoms with E-state index in [1.807, 2.05) is 0 Å². The van der Waals surface area contributed by atoms with Gasteiger partial charge in [-0.3, -0.25) is 0 Å². The predicted molar refractivity (Wildman–Crippen MR) is 32.3 cm³/mol. The highest BCUT2D eigenvalue weighted by molar-refractivity contribution is 8.93. The van der Waals surface area contributed by atoms with Gasteiger partial charge < -0.3 is 0 Å². The van der Waals surface area contributed by atoms with E-state index in [4.69, 9.17) is 0 Å². The summed E-state index contributed by atoms with van der Waals surface area (Å²) in [6, 6.07) is 0. The largest absolute Gasteiger partial charge is 0.235 e. The molecule has 42 valence electrons. The molecule has 0 fully saturated rings. The second-order valence-electron chi connectivity index (χ2n) is 0.519. The van der Waals surface area contributed by atoms with E-state index < -0.39 is 6.43 Å². The zero-order valence-electron chi connectivity index (χ0n) is 3.15. The van der Waals surface area contributed by atoms with Crippen LogP contribution >= 0.6 is 34.0 Å². The third kappa shape index (κ3) is 105. The van der Waals surface area contributed by atoms with Crippen LogP contribution in [0.1, 0.15) is 6.92 Å². The van der Waals surface area contributed by atoms with E-state index in [2.05, 4.69) is 0 Å². The van der Waals surface area contributed by atoms with Crippen molar-refractivity contribution in [2.24, 2.45) is 0 Å². The molecule has 0 bridgehead atoms. The standard InChI is InChI=1S/C2H4F2.2BrH/c1-2(3)4;;/h2H,1H3;2*1H. The van der Waals surface area contributed by atoms with Crippen LogP contribution in [-0.2, 0) is 0 Å². The molecule has 0 aliphatic carbocycles. The van der Waals surface area contributed by atoms with Crippen LogP contribution in [0.5, 0.6) is 0 Å². The number of rotatable bonds is 0. The van der Waals surface area contributed by atoms with Crippen LogP contribution in [0.15, 0.2) is 0 Å². The Morgan fingerprint density at radius 1 is 1.17 bits per heavy atom. The fourth-order valence-corrected chi connectivity index (χ4v) is 0. The molecule has 0 rings (SSSR count). The van der Waals surface area contributed by atoms with Gasteiger partial charge >= 0.3 is 0 Å². The highest BCUT2D eigenvalue weighted by Crippen LogP contribution is 1.82. The molecule has 0 radical (unpaired) electrons. The van der Waals surface area contributed by atoms with E-state index in [1.54, 1.807) is 0 Å². The number of halogens is 4. The molecule has 6 heavy (non-hydrogen) atoms. The van der Waals surface area contributed by atoms with Gasteiger partial charge in [-0.05, 0) is 6.92 Å². The van der Waals surface area contributed by atoms with Crippen LogP contribution in [0.25, 0.3) is 0 Å². The first-order chi connectivity index (χ1) is 1.73. The maximum Gasteiger partial charge on any atom is 0.235 e. The van der Waals surface area contributed by atoms with E-state index in [-0.39, 0.29) is 34.0 Å². The van der Waals surface area contributed by atoms with Gasteiger partial charge in [0.1, 0.15) is 0 Å². The van der Waals surface area contributed by atoms with E-state index >= 15 is 0 Å². The van der Waals surface area contributed by atoms with E-state index in [9.17, 15) is 8.78 Å². The minimum Gasteiger partial charge on any atom is -0.211 e. The zero-order valence-corrected chi connectivity index (χ0v) is 6.58. The van der Waals surface area contributed by atoms with Crippen molar-refractivity contribution in [3.05, 3.63) is 0 Å². The quantitative estimate of drug-likeness (QED) is 0.597. The highest BCUT2D eigenvalue weighted by atomic mass is 79.9. The fourth-order valence-electron chi connectivity index (χ4n) is 0. The summed E-state index contributed by atoms with van der Waals surface area (Å²) < 4.78 is 20.7. The summed E-state index contributed by atoms with van der Waals surface area (Å²) >= 11 is 0. The molecule has 0 heterocycles. The topological polar surface area (TPSA) is 0 Å². The molecule has 0 N–H and O–H groups in total. The summed E-state index contributed by atoms with van der Waals surface area (Å²) in [6.45, 7) is 0.833. The molecule has 0 saturated heterocycles. The molecule has 0 aromatic heterocycles. The van der Waals surface area contributed by atoms with Crippen LogP contribution in [-0.4, -0.2) is 6.43 Å². The number of hydrogen-bond acceptors (Lipinski definition) is 0. The molecular formula is C2H6Br2F2. The van der Waals surface area contributed by atoms with Crippen LogP contribution in [0.3, 0.4) is 0 Å². The van der Waals surface area contributed by atoms with Gasteiger partial charge in [0, 0.05) is 0 Å². The van der Waals surface area contributed by atoms with Crippen LogP contribution in [0.2, 0.25) is 0 Å². The van der Waals surface area contributed by atoms with Gasteiger partial charge in [-0.25, -0.2) is 8.78 Å². The van der Waals surface area contributed by atoms with Gasteiger partial charge in [0.15, 0.2) is 0 Å². The first kappa shape index (κ1) is 15.8. The molecule has 0 spiro atoms. The molecular weight excluding hydrogens is 222 g/mol. The predicted octanol–water partition coefficient (Wildman–Crippen LogP) is 2.43. The summed E-state index contributed by atoms with van der Waals surface area (Å²) in [5.74, 6) is 0. The molecule has 4 heteroatoms. The lowest BCUT2D eigenvalue weighted by Gasteiger charge is -1.70. The molecule has 0 nitrogen and oxygen atoms in total. The fraction of sp³-hybridized carbons (Fsp3) is 1.00. The van der Waals surface area contributed by atoms with Crippen molar-refractivity contribution >= 4 is 34.0 Å². The van der Waals surface area contributed by atoms with Gasteiger partial charge in [-0.15, -0.1) is 34.0 Å². The maximum absolute atomic E-state index is 10.3. The Morgan fingerprint density at radius 3 is 1.17 bits per heavy atom. The van der Waals surface area contributed by atoms with Crippen molar-refractivity contribution in [3.63, 3.8) is 0 Å². The summed E-state index contributed by atoms with van der Waals surface area (Å²) in [7, 11) is 0. The van der Waals surface area contributed by atoms with Crippen LogP contribution in [0.4, 0.5) is 8.78 Å². The van der Waals surface area contributed by atoms with Gasteiger partial charge in [0.2, 0.25) is 6.43 Å². The highest BCUT2D eigenvalue weighted by Gasteiger charge is 1.79. The van der Waals surface area contributed by atoms with Crippen LogP contribution < -0.4 is 0 Å². The maximum atomic E-state index is 10.3. The molecule has 0 atom stereocenters. The first-order valence-electron chi connectivity index (χ1n) is 1.01. The Hall–Kier alpha value is 0.820. The minimum absolute atomic E-state index is 0. The average Bonchev–Trinajstić information content (AvgIpc) is 0.811. The smallest absolute Gasteiger partial charge is 0.211 e. The summed E-state index contributed by atoms with van der Waals surface area (Å²) in [4.78, 5) is 0. The third-order valence-electron chi connectivity index (χ3n) is 0. The Morgan fingerprint density at radius 2 is 1.17 bits per heavy atom. The van der Waals surface area contributed by atoms with Gasteiger partial charge in [-0.1, -0.05) is 0 Å². The van der Waals surface area contributed by atoms with Crippen molar-refractivity contribution in [2.45, 2.75) is 13.3 Å². The second-order valence-corrected chi connectivity index (χ2v) is 0.519. The van der Waals surface area contributed by atoms with Crippen molar-refractivity contribution < 1.29 is 8.78 Å². The van der Waals surface area contributed by atoms with Gasteiger partial charge in [-0.2, -0.15) is 0 Å². The van der Waals surface area contributed by atoms with E-state index in [0.717, 1.165) is 6.92 Å². The first-order valence-corrected chi connectivity index (χ1v) is 1.01. The molecule has 0 aliphatic heterocycles. The Kier molecular flexibility index (Phi) is 24.4. The zero-order chi connectivity index (χ0) is 3.58. The number of alkyl halides is 2. The van der Waals surface area contributed by atoms with Crippen molar-refractivity contribution in [2.75, 3.05) is 0 Å². The Bertz CT molecular complexity index is 14.3. The van der Waals surface area contributed by atoms with Crippen LogP contribution in [0, 0.1) is 0 Å².